The third kappa shape index (κ3) is 2.40. The van der Waals surface area contributed by atoms with Crippen molar-refractivity contribution in [2.75, 3.05) is 31.1 Å². The largest absolute Gasteiger partial charge is 0.369 e. The van der Waals surface area contributed by atoms with Gasteiger partial charge in [-0.2, -0.15) is 0 Å². The minimum Gasteiger partial charge on any atom is -0.369 e. The van der Waals surface area contributed by atoms with Crippen molar-refractivity contribution >= 4 is 17.3 Å². The van der Waals surface area contributed by atoms with Gasteiger partial charge in [0, 0.05) is 50.2 Å². The van der Waals surface area contributed by atoms with E-state index in [1.165, 1.54) is 0 Å². The van der Waals surface area contributed by atoms with Crippen LogP contribution in [0.25, 0.3) is 0 Å². The average Bonchev–Trinajstić information content (AvgIpc) is 2.30. The SMILES string of the molecule is NCc1cnc(Cl)cc1N1CCNCC1. The molecule has 0 aromatic carbocycles. The summed E-state index contributed by atoms with van der Waals surface area (Å²) in [6.45, 7) is 4.50. The van der Waals surface area contributed by atoms with Crippen molar-refractivity contribution in [1.29, 1.82) is 0 Å². The van der Waals surface area contributed by atoms with Gasteiger partial charge in [-0.3, -0.25) is 0 Å². The van der Waals surface area contributed by atoms with E-state index in [1.807, 2.05) is 6.07 Å². The van der Waals surface area contributed by atoms with Gasteiger partial charge in [0.05, 0.1) is 0 Å². The number of nitrogens with zero attached hydrogens (tertiary/aromatic N) is 2. The van der Waals surface area contributed by atoms with E-state index in [-0.39, 0.29) is 0 Å². The van der Waals surface area contributed by atoms with Crippen LogP contribution in [0.5, 0.6) is 0 Å². The maximum absolute atomic E-state index is 5.90. The molecule has 0 unspecified atom stereocenters. The summed E-state index contributed by atoms with van der Waals surface area (Å²) in [6.07, 6.45) is 1.76. The van der Waals surface area contributed by atoms with Crippen molar-refractivity contribution in [3.63, 3.8) is 0 Å². The number of halogens is 1. The Hall–Kier alpha value is -0.840. The highest BCUT2D eigenvalue weighted by molar-refractivity contribution is 6.29. The zero-order chi connectivity index (χ0) is 10.7. The van der Waals surface area contributed by atoms with Crippen LogP contribution in [0.3, 0.4) is 0 Å². The van der Waals surface area contributed by atoms with Crippen LogP contribution in [0.2, 0.25) is 5.15 Å². The van der Waals surface area contributed by atoms with Gasteiger partial charge in [0.15, 0.2) is 0 Å². The Balaban J connectivity index is 2.27. The number of rotatable bonds is 2. The molecule has 0 spiro atoms. The zero-order valence-corrected chi connectivity index (χ0v) is 9.30. The number of aromatic nitrogens is 1. The Labute approximate surface area is 94.4 Å². The van der Waals surface area contributed by atoms with Crippen molar-refractivity contribution in [2.45, 2.75) is 6.54 Å². The van der Waals surface area contributed by atoms with E-state index in [1.54, 1.807) is 6.20 Å². The molecule has 0 radical (unpaired) electrons. The summed E-state index contributed by atoms with van der Waals surface area (Å²) in [5.41, 5.74) is 7.86. The molecule has 1 aromatic heterocycles. The van der Waals surface area contributed by atoms with Gasteiger partial charge < -0.3 is 16.0 Å². The maximum Gasteiger partial charge on any atom is 0.131 e. The quantitative estimate of drug-likeness (QED) is 0.726. The van der Waals surface area contributed by atoms with Gasteiger partial charge in [-0.05, 0) is 6.07 Å². The van der Waals surface area contributed by atoms with Gasteiger partial charge in [-0.1, -0.05) is 11.6 Å². The van der Waals surface area contributed by atoms with E-state index in [0.717, 1.165) is 37.4 Å². The van der Waals surface area contributed by atoms with E-state index in [4.69, 9.17) is 17.3 Å². The summed E-state index contributed by atoms with van der Waals surface area (Å²) in [6, 6.07) is 1.90. The van der Waals surface area contributed by atoms with Crippen molar-refractivity contribution in [3.8, 4) is 0 Å². The Morgan fingerprint density at radius 3 is 2.87 bits per heavy atom. The number of hydrogen-bond donors (Lipinski definition) is 2. The molecule has 5 heteroatoms. The minimum absolute atomic E-state index is 0.503. The van der Waals surface area contributed by atoms with Crippen molar-refractivity contribution < 1.29 is 0 Å². The first-order valence-electron chi connectivity index (χ1n) is 5.11. The van der Waals surface area contributed by atoms with Crippen LogP contribution in [-0.2, 0) is 6.54 Å². The molecular formula is C10H15ClN4. The zero-order valence-electron chi connectivity index (χ0n) is 8.54. The molecule has 1 saturated heterocycles. The van der Waals surface area contributed by atoms with E-state index in [0.29, 0.717) is 11.7 Å². The predicted octanol–water partition coefficient (Wildman–Crippen LogP) is 0.603. The smallest absolute Gasteiger partial charge is 0.131 e. The first-order chi connectivity index (χ1) is 7.31. The molecule has 2 rings (SSSR count). The number of nitrogens with one attached hydrogen (secondary N) is 1. The van der Waals surface area contributed by atoms with Crippen LogP contribution in [0.1, 0.15) is 5.56 Å². The van der Waals surface area contributed by atoms with Crippen LogP contribution in [0.15, 0.2) is 12.3 Å². The summed E-state index contributed by atoms with van der Waals surface area (Å²) in [5, 5.41) is 3.84. The lowest BCUT2D eigenvalue weighted by atomic mass is 10.2. The van der Waals surface area contributed by atoms with E-state index in [2.05, 4.69) is 15.2 Å². The van der Waals surface area contributed by atoms with Crippen LogP contribution in [-0.4, -0.2) is 31.2 Å². The summed E-state index contributed by atoms with van der Waals surface area (Å²) < 4.78 is 0. The summed E-state index contributed by atoms with van der Waals surface area (Å²) in [5.74, 6) is 0. The maximum atomic E-state index is 5.90. The molecule has 1 aliphatic heterocycles. The third-order valence-electron chi connectivity index (χ3n) is 2.61. The fourth-order valence-corrected chi connectivity index (χ4v) is 1.96. The minimum atomic E-state index is 0.503. The number of piperazine rings is 1. The Morgan fingerprint density at radius 2 is 2.20 bits per heavy atom. The van der Waals surface area contributed by atoms with Gasteiger partial charge in [0.2, 0.25) is 0 Å². The van der Waals surface area contributed by atoms with Gasteiger partial charge >= 0.3 is 0 Å². The summed E-state index contributed by atoms with van der Waals surface area (Å²) >= 11 is 5.90. The molecular weight excluding hydrogens is 212 g/mol. The van der Waals surface area contributed by atoms with Crippen LogP contribution in [0, 0.1) is 0 Å². The standard InChI is InChI=1S/C10H15ClN4/c11-10-5-9(8(6-12)7-14-10)15-3-1-13-2-4-15/h5,7,13H,1-4,6,12H2. The normalized spacial score (nSPS) is 16.8. The second-order valence-electron chi connectivity index (χ2n) is 3.58. The molecule has 1 fully saturated rings. The van der Waals surface area contributed by atoms with Crippen LogP contribution in [0.4, 0.5) is 5.69 Å². The molecule has 82 valence electrons. The van der Waals surface area contributed by atoms with Crippen molar-refractivity contribution in [1.82, 2.24) is 10.3 Å². The van der Waals surface area contributed by atoms with Gasteiger partial charge in [0.25, 0.3) is 0 Å². The molecule has 0 bridgehead atoms. The van der Waals surface area contributed by atoms with E-state index in [9.17, 15) is 0 Å². The van der Waals surface area contributed by atoms with Crippen molar-refractivity contribution in [3.05, 3.63) is 23.0 Å². The Morgan fingerprint density at radius 1 is 1.47 bits per heavy atom. The Bertz CT molecular complexity index is 336. The lowest BCUT2D eigenvalue weighted by Gasteiger charge is -2.30. The van der Waals surface area contributed by atoms with Gasteiger partial charge in [-0.15, -0.1) is 0 Å². The highest BCUT2D eigenvalue weighted by Crippen LogP contribution is 2.22. The molecule has 1 aromatic rings. The van der Waals surface area contributed by atoms with Gasteiger partial charge in [-0.25, -0.2) is 4.98 Å². The fraction of sp³-hybridized carbons (Fsp3) is 0.500. The molecule has 3 N–H and O–H groups in total. The fourth-order valence-electron chi connectivity index (χ4n) is 1.81. The molecule has 2 heterocycles. The third-order valence-corrected chi connectivity index (χ3v) is 2.81. The first kappa shape index (κ1) is 10.7. The lowest BCUT2D eigenvalue weighted by molar-refractivity contribution is 0.587. The highest BCUT2D eigenvalue weighted by Gasteiger charge is 2.14. The van der Waals surface area contributed by atoms with Crippen LogP contribution < -0.4 is 16.0 Å². The van der Waals surface area contributed by atoms with E-state index >= 15 is 0 Å². The monoisotopic (exact) mass is 226 g/mol. The van der Waals surface area contributed by atoms with Crippen molar-refractivity contribution in [2.24, 2.45) is 5.73 Å². The lowest BCUT2D eigenvalue weighted by Crippen LogP contribution is -2.44. The average molecular weight is 227 g/mol. The highest BCUT2D eigenvalue weighted by atomic mass is 35.5. The number of hydrogen-bond acceptors (Lipinski definition) is 4. The molecule has 15 heavy (non-hydrogen) atoms. The predicted molar refractivity (Wildman–Crippen MR) is 62.2 cm³/mol. The topological polar surface area (TPSA) is 54.2 Å². The summed E-state index contributed by atoms with van der Waals surface area (Å²) in [4.78, 5) is 6.35. The number of pyridine rings is 1. The first-order valence-corrected chi connectivity index (χ1v) is 5.49. The molecule has 4 nitrogen and oxygen atoms in total. The second kappa shape index (κ2) is 4.79. The molecule has 0 atom stereocenters. The molecule has 0 saturated carbocycles. The molecule has 1 aliphatic rings. The summed E-state index contributed by atoms with van der Waals surface area (Å²) in [7, 11) is 0. The number of anilines is 1. The van der Waals surface area contributed by atoms with Crippen LogP contribution >= 0.6 is 11.6 Å². The molecule has 0 aliphatic carbocycles. The Kier molecular flexibility index (Phi) is 3.41. The van der Waals surface area contributed by atoms with E-state index < -0.39 is 0 Å². The second-order valence-corrected chi connectivity index (χ2v) is 3.96. The van der Waals surface area contributed by atoms with Gasteiger partial charge in [0.1, 0.15) is 5.15 Å². The number of nitrogens with two attached hydrogens (primary N) is 1. The molecule has 0 amide bonds.